The van der Waals surface area contributed by atoms with E-state index in [-0.39, 0.29) is 11.0 Å². The standard InChI is InChI=1S/C23H23N5O2/c24-21-18-2-1-3-19(17(18)4-6-26-21)27-13-23-11-22(12-23,15-30-23)14-29-16-5-8-28-9-7-25-20(28)10-16/h1-10,27H,11-15H2,(H2,24,26). The van der Waals surface area contributed by atoms with Gasteiger partial charge in [0.05, 0.1) is 18.8 Å². The number of nitrogens with zero attached hydrogens (tertiary/aromatic N) is 3. The highest BCUT2D eigenvalue weighted by atomic mass is 16.5. The molecule has 5 heterocycles. The number of nitrogens with two attached hydrogens (primary N) is 1. The zero-order valence-electron chi connectivity index (χ0n) is 16.5. The Morgan fingerprint density at radius 2 is 2.03 bits per heavy atom. The molecule has 3 N–H and O–H groups in total. The number of aromatic nitrogens is 3. The van der Waals surface area contributed by atoms with Crippen LogP contribution in [0, 0.1) is 5.41 Å². The predicted octanol–water partition coefficient (Wildman–Crippen LogP) is 3.50. The first kappa shape index (κ1) is 17.5. The van der Waals surface area contributed by atoms with Crippen molar-refractivity contribution < 1.29 is 9.47 Å². The van der Waals surface area contributed by atoms with E-state index in [0.29, 0.717) is 12.4 Å². The van der Waals surface area contributed by atoms with Crippen LogP contribution in [0.3, 0.4) is 0 Å². The zero-order chi connectivity index (χ0) is 20.2. The smallest absolute Gasteiger partial charge is 0.140 e. The maximum Gasteiger partial charge on any atom is 0.140 e. The van der Waals surface area contributed by atoms with Crippen LogP contribution in [0.4, 0.5) is 11.5 Å². The van der Waals surface area contributed by atoms with E-state index in [4.69, 9.17) is 15.2 Å². The Labute approximate surface area is 173 Å². The summed E-state index contributed by atoms with van der Waals surface area (Å²) in [6, 6.07) is 12.0. The Hall–Kier alpha value is -3.32. The quantitative estimate of drug-likeness (QED) is 0.514. The van der Waals surface area contributed by atoms with Gasteiger partial charge in [-0.15, -0.1) is 0 Å². The van der Waals surface area contributed by atoms with Gasteiger partial charge in [0, 0.05) is 59.3 Å². The molecule has 30 heavy (non-hydrogen) atoms. The molecule has 1 aliphatic carbocycles. The summed E-state index contributed by atoms with van der Waals surface area (Å²) in [5.41, 5.74) is 7.97. The second-order valence-corrected chi connectivity index (χ2v) is 8.62. The summed E-state index contributed by atoms with van der Waals surface area (Å²) in [5.74, 6) is 1.41. The van der Waals surface area contributed by atoms with Crippen molar-refractivity contribution >= 4 is 27.9 Å². The summed E-state index contributed by atoms with van der Waals surface area (Å²) in [6.45, 7) is 2.19. The summed E-state index contributed by atoms with van der Waals surface area (Å²) in [5, 5.41) is 5.64. The predicted molar refractivity (Wildman–Crippen MR) is 116 cm³/mol. The van der Waals surface area contributed by atoms with Gasteiger partial charge in [-0.1, -0.05) is 12.1 Å². The molecule has 0 atom stereocenters. The lowest BCUT2D eigenvalue weighted by atomic mass is 9.63. The van der Waals surface area contributed by atoms with E-state index in [0.717, 1.165) is 53.8 Å². The van der Waals surface area contributed by atoms with Crippen LogP contribution < -0.4 is 15.8 Å². The van der Waals surface area contributed by atoms with E-state index in [2.05, 4.69) is 21.4 Å². The second kappa shape index (κ2) is 6.34. The number of imidazole rings is 1. The van der Waals surface area contributed by atoms with Gasteiger partial charge < -0.3 is 24.9 Å². The SMILES string of the molecule is Nc1nccc2c(NCC34CC(COc5ccn6ccnc6c5)(CO3)C4)cccc12. The number of pyridine rings is 2. The highest BCUT2D eigenvalue weighted by molar-refractivity contribution is 5.99. The molecule has 152 valence electrons. The van der Waals surface area contributed by atoms with Crippen LogP contribution in [0.15, 0.2) is 61.2 Å². The normalized spacial score (nSPS) is 24.8. The fourth-order valence-corrected chi connectivity index (χ4v) is 5.00. The van der Waals surface area contributed by atoms with Crippen molar-refractivity contribution in [3.8, 4) is 5.75 Å². The average molecular weight is 401 g/mol. The molecule has 7 rings (SSSR count). The van der Waals surface area contributed by atoms with Crippen LogP contribution in [-0.2, 0) is 4.74 Å². The molecular weight excluding hydrogens is 378 g/mol. The second-order valence-electron chi connectivity index (χ2n) is 8.62. The van der Waals surface area contributed by atoms with Gasteiger partial charge in [-0.25, -0.2) is 9.97 Å². The Morgan fingerprint density at radius 1 is 1.10 bits per heavy atom. The summed E-state index contributed by atoms with van der Waals surface area (Å²) in [4.78, 5) is 8.50. The molecule has 3 aromatic heterocycles. The minimum absolute atomic E-state index is 0.107. The average Bonchev–Trinajstić information content (AvgIpc) is 3.44. The Bertz CT molecular complexity index is 1240. The monoisotopic (exact) mass is 401 g/mol. The van der Waals surface area contributed by atoms with Gasteiger partial charge in [0.1, 0.15) is 17.2 Å². The van der Waals surface area contributed by atoms with Crippen LogP contribution in [0.1, 0.15) is 12.8 Å². The molecule has 4 aromatic rings. The van der Waals surface area contributed by atoms with E-state index >= 15 is 0 Å². The number of nitrogens with one attached hydrogen (secondary N) is 1. The topological polar surface area (TPSA) is 86.7 Å². The Morgan fingerprint density at radius 3 is 2.97 bits per heavy atom. The molecule has 0 unspecified atom stereocenters. The van der Waals surface area contributed by atoms with Gasteiger partial charge in [0.15, 0.2) is 0 Å². The molecule has 0 radical (unpaired) electrons. The van der Waals surface area contributed by atoms with Crippen molar-refractivity contribution in [1.82, 2.24) is 14.4 Å². The molecule has 1 aromatic carbocycles. The molecular formula is C23H23N5O2. The van der Waals surface area contributed by atoms with Crippen LogP contribution in [0.25, 0.3) is 16.4 Å². The number of fused-ring (bicyclic) bond motifs is 3. The lowest BCUT2D eigenvalue weighted by molar-refractivity contribution is -0.0134. The Balaban J connectivity index is 1.11. The van der Waals surface area contributed by atoms with E-state index in [1.54, 1.807) is 12.4 Å². The number of hydrogen-bond acceptors (Lipinski definition) is 6. The van der Waals surface area contributed by atoms with Crippen molar-refractivity contribution in [2.24, 2.45) is 5.41 Å². The molecule has 1 saturated carbocycles. The summed E-state index contributed by atoms with van der Waals surface area (Å²) >= 11 is 0. The fourth-order valence-electron chi connectivity index (χ4n) is 5.00. The first-order valence-corrected chi connectivity index (χ1v) is 10.2. The van der Waals surface area contributed by atoms with Gasteiger partial charge in [-0.05, 0) is 31.0 Å². The van der Waals surface area contributed by atoms with Gasteiger partial charge in [0.2, 0.25) is 0 Å². The highest BCUT2D eigenvalue weighted by Gasteiger charge is 2.62. The van der Waals surface area contributed by atoms with Crippen molar-refractivity contribution in [2.45, 2.75) is 18.4 Å². The minimum atomic E-state index is -0.114. The summed E-state index contributed by atoms with van der Waals surface area (Å²) in [7, 11) is 0. The van der Waals surface area contributed by atoms with Crippen molar-refractivity contribution in [3.63, 3.8) is 0 Å². The molecule has 3 fully saturated rings. The van der Waals surface area contributed by atoms with Gasteiger partial charge in [0.25, 0.3) is 0 Å². The van der Waals surface area contributed by atoms with Gasteiger partial charge in [-0.2, -0.15) is 0 Å². The maximum atomic E-state index is 6.23. The molecule has 2 aliphatic heterocycles. The number of nitrogen functional groups attached to an aromatic ring is 1. The van der Waals surface area contributed by atoms with Crippen molar-refractivity contribution in [2.75, 3.05) is 30.8 Å². The van der Waals surface area contributed by atoms with E-state index in [9.17, 15) is 0 Å². The maximum absolute atomic E-state index is 6.23. The largest absolute Gasteiger partial charge is 0.493 e. The van der Waals surface area contributed by atoms with Crippen LogP contribution in [0.2, 0.25) is 0 Å². The molecule has 7 heteroatoms. The molecule has 0 amide bonds. The molecule has 7 nitrogen and oxygen atoms in total. The number of ether oxygens (including phenoxy) is 2. The third-order valence-corrected chi connectivity index (χ3v) is 6.43. The molecule has 2 bridgehead atoms. The molecule has 0 spiro atoms. The third-order valence-electron chi connectivity index (χ3n) is 6.43. The summed E-state index contributed by atoms with van der Waals surface area (Å²) < 4.78 is 14.3. The first-order chi connectivity index (χ1) is 14.6. The van der Waals surface area contributed by atoms with Crippen LogP contribution in [0.5, 0.6) is 5.75 Å². The lowest BCUT2D eigenvalue weighted by Crippen LogP contribution is -2.51. The fraction of sp³-hybridized carbons (Fsp3) is 0.304. The van der Waals surface area contributed by atoms with Crippen LogP contribution >= 0.6 is 0 Å². The van der Waals surface area contributed by atoms with E-state index < -0.39 is 0 Å². The van der Waals surface area contributed by atoms with Gasteiger partial charge >= 0.3 is 0 Å². The van der Waals surface area contributed by atoms with E-state index in [1.165, 1.54) is 0 Å². The van der Waals surface area contributed by atoms with Gasteiger partial charge in [-0.3, -0.25) is 0 Å². The molecule has 2 saturated heterocycles. The number of benzene rings is 1. The third kappa shape index (κ3) is 2.77. The van der Waals surface area contributed by atoms with E-state index in [1.807, 2.05) is 47.1 Å². The zero-order valence-corrected chi connectivity index (χ0v) is 16.5. The first-order valence-electron chi connectivity index (χ1n) is 10.2. The minimum Gasteiger partial charge on any atom is -0.493 e. The number of anilines is 2. The Kier molecular flexibility index (Phi) is 3.70. The van der Waals surface area contributed by atoms with Crippen molar-refractivity contribution in [3.05, 3.63) is 61.2 Å². The molecule has 3 aliphatic rings. The highest BCUT2D eigenvalue weighted by Crippen LogP contribution is 2.58. The lowest BCUT2D eigenvalue weighted by Gasteiger charge is -2.44. The summed E-state index contributed by atoms with van der Waals surface area (Å²) in [6.07, 6.45) is 9.45. The van der Waals surface area contributed by atoms with Crippen LogP contribution in [-0.4, -0.2) is 39.7 Å². The van der Waals surface area contributed by atoms with Crippen molar-refractivity contribution in [1.29, 1.82) is 0 Å². The number of hydrogen-bond donors (Lipinski definition) is 2. The number of rotatable bonds is 6.